The fourth-order valence-corrected chi connectivity index (χ4v) is 2.54. The summed E-state index contributed by atoms with van der Waals surface area (Å²) in [6.45, 7) is 0.343. The molecule has 2 aromatic carbocycles. The molecule has 23 heavy (non-hydrogen) atoms. The molecular formula is C18H15ClN2O2. The van der Waals surface area contributed by atoms with E-state index in [1.54, 1.807) is 19.2 Å². The monoisotopic (exact) mass is 326 g/mol. The van der Waals surface area contributed by atoms with Crippen LogP contribution in [0.2, 0.25) is 5.02 Å². The summed E-state index contributed by atoms with van der Waals surface area (Å²) in [5, 5.41) is 4.33. The van der Waals surface area contributed by atoms with Crippen molar-refractivity contribution >= 4 is 28.4 Å². The molecule has 0 unspecified atom stereocenters. The molecule has 0 atom stereocenters. The summed E-state index contributed by atoms with van der Waals surface area (Å²) < 4.78 is 5.36. The summed E-state index contributed by atoms with van der Waals surface area (Å²) in [5.74, 6) is 0.354. The van der Waals surface area contributed by atoms with Crippen LogP contribution in [-0.4, -0.2) is 18.0 Å². The molecule has 0 bridgehead atoms. The number of carbonyl (C=O) groups excluding carboxylic acids is 1. The van der Waals surface area contributed by atoms with Crippen LogP contribution in [0.4, 0.5) is 0 Å². The maximum atomic E-state index is 12.4. The first-order chi connectivity index (χ1) is 11.2. The molecule has 0 fully saturated rings. The summed E-state index contributed by atoms with van der Waals surface area (Å²) in [4.78, 5) is 16.8. The number of amides is 1. The van der Waals surface area contributed by atoms with Gasteiger partial charge >= 0.3 is 0 Å². The zero-order valence-electron chi connectivity index (χ0n) is 12.5. The molecule has 5 heteroatoms. The summed E-state index contributed by atoms with van der Waals surface area (Å²) in [7, 11) is 1.58. The van der Waals surface area contributed by atoms with E-state index in [0.29, 0.717) is 23.0 Å². The Labute approximate surface area is 139 Å². The van der Waals surface area contributed by atoms with E-state index >= 15 is 0 Å². The van der Waals surface area contributed by atoms with E-state index in [1.165, 1.54) is 0 Å². The number of aromatic nitrogens is 1. The van der Waals surface area contributed by atoms with Crippen molar-refractivity contribution < 1.29 is 9.53 Å². The quantitative estimate of drug-likeness (QED) is 0.792. The molecule has 116 valence electrons. The SMILES string of the molecule is COc1cc(C(=O)NCc2ccccc2Cl)nc2ccccc12. The third-order valence-electron chi connectivity index (χ3n) is 3.53. The fraction of sp³-hybridized carbons (Fsp3) is 0.111. The van der Waals surface area contributed by atoms with E-state index in [-0.39, 0.29) is 5.91 Å². The van der Waals surface area contributed by atoms with Crippen LogP contribution in [0.3, 0.4) is 0 Å². The first-order valence-corrected chi connectivity index (χ1v) is 7.52. The second-order valence-corrected chi connectivity index (χ2v) is 5.41. The molecule has 1 N–H and O–H groups in total. The van der Waals surface area contributed by atoms with E-state index in [9.17, 15) is 4.79 Å². The van der Waals surface area contributed by atoms with Gasteiger partial charge in [-0.05, 0) is 23.8 Å². The molecule has 0 radical (unpaired) electrons. The van der Waals surface area contributed by atoms with Gasteiger partial charge in [-0.25, -0.2) is 4.98 Å². The standard InChI is InChI=1S/C18H15ClN2O2/c1-23-17-10-16(21-15-9-5-3-7-13(15)17)18(22)20-11-12-6-2-4-8-14(12)19/h2-10H,11H2,1H3,(H,20,22). The van der Waals surface area contributed by atoms with E-state index in [0.717, 1.165) is 16.5 Å². The Balaban J connectivity index is 1.85. The number of nitrogens with one attached hydrogen (secondary N) is 1. The first kappa shape index (κ1) is 15.3. The number of hydrogen-bond donors (Lipinski definition) is 1. The minimum absolute atomic E-state index is 0.269. The number of benzene rings is 2. The van der Waals surface area contributed by atoms with Gasteiger partial charge in [0.1, 0.15) is 11.4 Å². The van der Waals surface area contributed by atoms with Gasteiger partial charge in [0.05, 0.1) is 12.6 Å². The van der Waals surface area contributed by atoms with Gasteiger partial charge in [0.15, 0.2) is 0 Å². The van der Waals surface area contributed by atoms with Crippen LogP contribution in [0.1, 0.15) is 16.1 Å². The number of fused-ring (bicyclic) bond motifs is 1. The van der Waals surface area contributed by atoms with Gasteiger partial charge in [-0.2, -0.15) is 0 Å². The van der Waals surface area contributed by atoms with Crippen molar-refractivity contribution in [2.75, 3.05) is 7.11 Å². The van der Waals surface area contributed by atoms with Crippen molar-refractivity contribution in [3.05, 3.63) is 70.9 Å². The third-order valence-corrected chi connectivity index (χ3v) is 3.90. The van der Waals surface area contributed by atoms with E-state index in [1.807, 2.05) is 42.5 Å². The molecule has 0 aliphatic rings. The third kappa shape index (κ3) is 3.27. The molecule has 1 heterocycles. The molecule has 1 aromatic heterocycles. The molecule has 4 nitrogen and oxygen atoms in total. The second kappa shape index (κ2) is 6.67. The molecule has 3 aromatic rings. The predicted octanol–water partition coefficient (Wildman–Crippen LogP) is 3.83. The maximum absolute atomic E-state index is 12.4. The van der Waals surface area contributed by atoms with Crippen molar-refractivity contribution in [3.63, 3.8) is 0 Å². The number of para-hydroxylation sites is 1. The molecule has 0 saturated heterocycles. The van der Waals surface area contributed by atoms with Crippen LogP contribution in [0.5, 0.6) is 5.75 Å². The van der Waals surface area contributed by atoms with E-state index in [2.05, 4.69) is 10.3 Å². The number of pyridine rings is 1. The highest BCUT2D eigenvalue weighted by Gasteiger charge is 2.12. The van der Waals surface area contributed by atoms with Gasteiger partial charge < -0.3 is 10.1 Å². The van der Waals surface area contributed by atoms with Crippen LogP contribution >= 0.6 is 11.6 Å². The van der Waals surface area contributed by atoms with Crippen molar-refractivity contribution in [2.45, 2.75) is 6.54 Å². The Morgan fingerprint density at radius 1 is 1.17 bits per heavy atom. The first-order valence-electron chi connectivity index (χ1n) is 7.14. The van der Waals surface area contributed by atoms with Crippen molar-refractivity contribution in [2.24, 2.45) is 0 Å². The number of methoxy groups -OCH3 is 1. The van der Waals surface area contributed by atoms with Crippen molar-refractivity contribution in [1.82, 2.24) is 10.3 Å². The largest absolute Gasteiger partial charge is 0.496 e. The fourth-order valence-electron chi connectivity index (χ4n) is 2.34. The minimum atomic E-state index is -0.269. The highest BCUT2D eigenvalue weighted by atomic mass is 35.5. The lowest BCUT2D eigenvalue weighted by Crippen LogP contribution is -2.24. The van der Waals surface area contributed by atoms with Crippen LogP contribution in [0.15, 0.2) is 54.6 Å². The Bertz CT molecular complexity index is 865. The minimum Gasteiger partial charge on any atom is -0.496 e. The van der Waals surface area contributed by atoms with Crippen LogP contribution in [-0.2, 0) is 6.54 Å². The molecule has 0 spiro atoms. The summed E-state index contributed by atoms with van der Waals surface area (Å²) in [5.41, 5.74) is 1.89. The molecule has 3 rings (SSSR count). The van der Waals surface area contributed by atoms with Gasteiger partial charge in [-0.15, -0.1) is 0 Å². The highest BCUT2D eigenvalue weighted by molar-refractivity contribution is 6.31. The molecule has 1 amide bonds. The Hall–Kier alpha value is -2.59. The lowest BCUT2D eigenvalue weighted by Gasteiger charge is -2.10. The number of ether oxygens (including phenoxy) is 1. The van der Waals surface area contributed by atoms with Crippen LogP contribution in [0, 0.1) is 0 Å². The van der Waals surface area contributed by atoms with Crippen LogP contribution < -0.4 is 10.1 Å². The van der Waals surface area contributed by atoms with Gasteiger partial charge in [-0.3, -0.25) is 4.79 Å². The zero-order chi connectivity index (χ0) is 16.2. The molecule has 0 saturated carbocycles. The highest BCUT2D eigenvalue weighted by Crippen LogP contribution is 2.25. The number of hydrogen-bond acceptors (Lipinski definition) is 3. The van der Waals surface area contributed by atoms with Crippen LogP contribution in [0.25, 0.3) is 10.9 Å². The normalized spacial score (nSPS) is 10.5. The summed E-state index contributed by atoms with van der Waals surface area (Å²) >= 11 is 6.09. The van der Waals surface area contributed by atoms with Gasteiger partial charge in [0.25, 0.3) is 5.91 Å². The van der Waals surface area contributed by atoms with Gasteiger partial charge in [0, 0.05) is 23.0 Å². The Morgan fingerprint density at radius 3 is 2.70 bits per heavy atom. The number of halogens is 1. The molecule has 0 aliphatic heterocycles. The van der Waals surface area contributed by atoms with Crippen molar-refractivity contribution in [3.8, 4) is 5.75 Å². The Morgan fingerprint density at radius 2 is 1.91 bits per heavy atom. The smallest absolute Gasteiger partial charge is 0.270 e. The average molecular weight is 327 g/mol. The van der Waals surface area contributed by atoms with E-state index in [4.69, 9.17) is 16.3 Å². The lowest BCUT2D eigenvalue weighted by molar-refractivity contribution is 0.0946. The number of carbonyl (C=O) groups is 1. The predicted molar refractivity (Wildman–Crippen MR) is 90.9 cm³/mol. The topological polar surface area (TPSA) is 51.2 Å². The number of rotatable bonds is 4. The van der Waals surface area contributed by atoms with Gasteiger partial charge in [-0.1, -0.05) is 41.9 Å². The molecular weight excluding hydrogens is 312 g/mol. The lowest BCUT2D eigenvalue weighted by atomic mass is 10.1. The maximum Gasteiger partial charge on any atom is 0.270 e. The summed E-state index contributed by atoms with van der Waals surface area (Å²) in [6, 6.07) is 16.6. The zero-order valence-corrected chi connectivity index (χ0v) is 13.3. The van der Waals surface area contributed by atoms with Gasteiger partial charge in [0.2, 0.25) is 0 Å². The van der Waals surface area contributed by atoms with E-state index < -0.39 is 0 Å². The second-order valence-electron chi connectivity index (χ2n) is 5.00. The van der Waals surface area contributed by atoms with Crippen molar-refractivity contribution in [1.29, 1.82) is 0 Å². The average Bonchev–Trinajstić information content (AvgIpc) is 2.59. The Kier molecular flexibility index (Phi) is 4.44. The number of nitrogens with zero attached hydrogens (tertiary/aromatic N) is 1. The summed E-state index contributed by atoms with van der Waals surface area (Å²) in [6.07, 6.45) is 0. The molecule has 0 aliphatic carbocycles.